The Labute approximate surface area is 147 Å². The molecular formula is C19H13F3N2O2. The van der Waals surface area contributed by atoms with E-state index < -0.39 is 17.6 Å². The zero-order chi connectivity index (χ0) is 18.6. The summed E-state index contributed by atoms with van der Waals surface area (Å²) in [6.07, 6.45) is -3.08. The number of rotatable bonds is 4. The van der Waals surface area contributed by atoms with Crippen molar-refractivity contribution < 1.29 is 22.7 Å². The number of aromatic nitrogens is 1. The number of benzene rings is 2. The summed E-state index contributed by atoms with van der Waals surface area (Å²) in [5.41, 5.74) is -0.309. The van der Waals surface area contributed by atoms with Gasteiger partial charge in [0.2, 0.25) is 0 Å². The lowest BCUT2D eigenvalue weighted by molar-refractivity contribution is -0.137. The van der Waals surface area contributed by atoms with Crippen LogP contribution in [0.4, 0.5) is 18.9 Å². The van der Waals surface area contributed by atoms with Crippen molar-refractivity contribution in [3.8, 4) is 11.5 Å². The van der Waals surface area contributed by atoms with Crippen LogP contribution in [0.15, 0.2) is 72.9 Å². The molecule has 0 aliphatic rings. The number of alkyl halides is 3. The second-order valence-electron chi connectivity index (χ2n) is 5.30. The van der Waals surface area contributed by atoms with Gasteiger partial charge in [-0.05, 0) is 42.5 Å². The van der Waals surface area contributed by atoms with Crippen LogP contribution >= 0.6 is 0 Å². The number of hydrogen-bond donors (Lipinski definition) is 1. The molecule has 1 N–H and O–H groups in total. The fraction of sp³-hybridized carbons (Fsp3) is 0.0526. The Morgan fingerprint density at radius 3 is 2.46 bits per heavy atom. The molecule has 26 heavy (non-hydrogen) atoms. The van der Waals surface area contributed by atoms with Crippen molar-refractivity contribution in [1.29, 1.82) is 0 Å². The fourth-order valence-electron chi connectivity index (χ4n) is 2.22. The number of pyridine rings is 1. The molecule has 0 radical (unpaired) electrons. The SMILES string of the molecule is O=C(Nc1ccccc1)c1ncccc1Oc1cccc(C(F)(F)F)c1. The molecule has 1 aromatic heterocycles. The summed E-state index contributed by atoms with van der Waals surface area (Å²) < 4.78 is 44.0. The maximum atomic E-state index is 12.8. The minimum absolute atomic E-state index is 0.0336. The smallest absolute Gasteiger partial charge is 0.416 e. The van der Waals surface area contributed by atoms with Crippen LogP contribution in [0.1, 0.15) is 16.1 Å². The van der Waals surface area contributed by atoms with Crippen LogP contribution < -0.4 is 10.1 Å². The van der Waals surface area contributed by atoms with Gasteiger partial charge in [0.15, 0.2) is 11.4 Å². The number of ether oxygens (including phenoxy) is 1. The number of carbonyl (C=O) groups excluding carboxylic acids is 1. The van der Waals surface area contributed by atoms with E-state index in [1.54, 1.807) is 30.3 Å². The fourth-order valence-corrected chi connectivity index (χ4v) is 2.22. The number of anilines is 1. The number of nitrogens with zero attached hydrogens (tertiary/aromatic N) is 1. The summed E-state index contributed by atoms with van der Waals surface area (Å²) in [6.45, 7) is 0. The van der Waals surface area contributed by atoms with Crippen molar-refractivity contribution in [2.75, 3.05) is 5.32 Å². The Balaban J connectivity index is 1.85. The average Bonchev–Trinajstić information content (AvgIpc) is 2.62. The third kappa shape index (κ3) is 4.18. The zero-order valence-electron chi connectivity index (χ0n) is 13.3. The topological polar surface area (TPSA) is 51.2 Å². The van der Waals surface area contributed by atoms with Crippen LogP contribution in [0.3, 0.4) is 0 Å². The maximum Gasteiger partial charge on any atom is 0.416 e. The number of hydrogen-bond acceptors (Lipinski definition) is 3. The molecule has 7 heteroatoms. The molecule has 1 heterocycles. The van der Waals surface area contributed by atoms with Gasteiger partial charge in [0.05, 0.1) is 5.56 Å². The Morgan fingerprint density at radius 2 is 1.73 bits per heavy atom. The lowest BCUT2D eigenvalue weighted by Gasteiger charge is -2.12. The van der Waals surface area contributed by atoms with Gasteiger partial charge in [0.25, 0.3) is 5.91 Å². The number of carbonyl (C=O) groups is 1. The third-order valence-corrected chi connectivity index (χ3v) is 3.41. The minimum atomic E-state index is -4.48. The zero-order valence-corrected chi connectivity index (χ0v) is 13.3. The van der Waals surface area contributed by atoms with Gasteiger partial charge in [0, 0.05) is 11.9 Å². The summed E-state index contributed by atoms with van der Waals surface area (Å²) in [5.74, 6) is -0.513. The van der Waals surface area contributed by atoms with Gasteiger partial charge in [-0.15, -0.1) is 0 Å². The summed E-state index contributed by atoms with van der Waals surface area (Å²) in [7, 11) is 0. The highest BCUT2D eigenvalue weighted by Gasteiger charge is 2.30. The highest BCUT2D eigenvalue weighted by atomic mass is 19.4. The first-order chi connectivity index (χ1) is 12.4. The molecular weight excluding hydrogens is 345 g/mol. The van der Waals surface area contributed by atoms with Gasteiger partial charge >= 0.3 is 6.18 Å². The monoisotopic (exact) mass is 358 g/mol. The molecule has 0 bridgehead atoms. The second-order valence-corrected chi connectivity index (χ2v) is 5.30. The van der Waals surface area contributed by atoms with E-state index in [9.17, 15) is 18.0 Å². The van der Waals surface area contributed by atoms with Crippen LogP contribution in [0.5, 0.6) is 11.5 Å². The van der Waals surface area contributed by atoms with E-state index in [2.05, 4.69) is 10.3 Å². The summed E-state index contributed by atoms with van der Waals surface area (Å²) in [4.78, 5) is 16.4. The van der Waals surface area contributed by atoms with Crippen LogP contribution in [-0.2, 0) is 6.18 Å². The third-order valence-electron chi connectivity index (χ3n) is 3.41. The van der Waals surface area contributed by atoms with E-state index in [4.69, 9.17) is 4.74 Å². The van der Waals surface area contributed by atoms with Gasteiger partial charge in [0.1, 0.15) is 5.75 Å². The standard InChI is InChI=1S/C19H13F3N2O2/c20-19(21,22)13-6-4-9-15(12-13)26-16-10-5-11-23-17(16)18(25)24-14-7-2-1-3-8-14/h1-12H,(H,24,25). The molecule has 0 spiro atoms. The molecule has 2 aromatic carbocycles. The largest absolute Gasteiger partial charge is 0.455 e. The first kappa shape index (κ1) is 17.5. The number of amides is 1. The van der Waals surface area contributed by atoms with Crippen LogP contribution in [0.2, 0.25) is 0 Å². The van der Waals surface area contributed by atoms with Crippen LogP contribution in [-0.4, -0.2) is 10.9 Å². The van der Waals surface area contributed by atoms with Crippen molar-refractivity contribution in [3.63, 3.8) is 0 Å². The second kappa shape index (κ2) is 7.26. The molecule has 0 aliphatic heterocycles. The quantitative estimate of drug-likeness (QED) is 0.702. The maximum absolute atomic E-state index is 12.8. The highest BCUT2D eigenvalue weighted by Crippen LogP contribution is 2.33. The predicted octanol–water partition coefficient (Wildman–Crippen LogP) is 5.15. The molecule has 0 aliphatic carbocycles. The molecule has 0 saturated carbocycles. The van der Waals surface area contributed by atoms with Crippen molar-refractivity contribution >= 4 is 11.6 Å². The van der Waals surface area contributed by atoms with E-state index in [0.717, 1.165) is 12.1 Å². The van der Waals surface area contributed by atoms with Gasteiger partial charge < -0.3 is 10.1 Å². The molecule has 0 atom stereocenters. The normalized spacial score (nSPS) is 11.0. The number of nitrogens with one attached hydrogen (secondary N) is 1. The molecule has 3 rings (SSSR count). The van der Waals surface area contributed by atoms with Crippen LogP contribution in [0, 0.1) is 0 Å². The molecule has 132 valence electrons. The Hall–Kier alpha value is -3.35. The number of halogens is 3. The van der Waals surface area contributed by atoms with Gasteiger partial charge in [-0.2, -0.15) is 13.2 Å². The Morgan fingerprint density at radius 1 is 0.962 bits per heavy atom. The Kier molecular flexibility index (Phi) is 4.88. The first-order valence-corrected chi connectivity index (χ1v) is 7.60. The lowest BCUT2D eigenvalue weighted by Crippen LogP contribution is -2.14. The van der Waals surface area contributed by atoms with Gasteiger partial charge in [-0.1, -0.05) is 24.3 Å². The molecule has 3 aromatic rings. The molecule has 0 fully saturated rings. The van der Waals surface area contributed by atoms with Gasteiger partial charge in [-0.3, -0.25) is 4.79 Å². The number of para-hydroxylation sites is 1. The van der Waals surface area contributed by atoms with Crippen molar-refractivity contribution in [2.24, 2.45) is 0 Å². The van der Waals surface area contributed by atoms with E-state index in [-0.39, 0.29) is 17.2 Å². The van der Waals surface area contributed by atoms with Crippen molar-refractivity contribution in [2.45, 2.75) is 6.18 Å². The van der Waals surface area contributed by atoms with Crippen molar-refractivity contribution in [3.05, 3.63) is 84.2 Å². The minimum Gasteiger partial charge on any atom is -0.455 e. The first-order valence-electron chi connectivity index (χ1n) is 7.60. The summed E-state index contributed by atoms with van der Waals surface area (Å²) >= 11 is 0. The van der Waals surface area contributed by atoms with Crippen LogP contribution in [0.25, 0.3) is 0 Å². The van der Waals surface area contributed by atoms with E-state index in [1.165, 1.54) is 30.5 Å². The average molecular weight is 358 g/mol. The molecule has 0 unspecified atom stereocenters. The van der Waals surface area contributed by atoms with E-state index in [1.807, 2.05) is 0 Å². The molecule has 0 saturated heterocycles. The Bertz CT molecular complexity index is 912. The predicted molar refractivity (Wildman–Crippen MR) is 90.2 cm³/mol. The van der Waals surface area contributed by atoms with E-state index in [0.29, 0.717) is 5.69 Å². The molecule has 4 nitrogen and oxygen atoms in total. The van der Waals surface area contributed by atoms with E-state index >= 15 is 0 Å². The summed E-state index contributed by atoms with van der Waals surface area (Å²) in [6, 6.07) is 16.1. The van der Waals surface area contributed by atoms with Gasteiger partial charge in [-0.25, -0.2) is 4.98 Å². The highest BCUT2D eigenvalue weighted by molar-refractivity contribution is 6.04. The van der Waals surface area contributed by atoms with Crippen molar-refractivity contribution in [1.82, 2.24) is 4.98 Å². The summed E-state index contributed by atoms with van der Waals surface area (Å²) in [5, 5.41) is 2.66. The molecule has 1 amide bonds. The lowest BCUT2D eigenvalue weighted by atomic mass is 10.2.